The average molecular weight is 254 g/mol. The van der Waals surface area contributed by atoms with Gasteiger partial charge in [-0.3, -0.25) is 4.79 Å². The van der Waals surface area contributed by atoms with Gasteiger partial charge in [0.2, 0.25) is 5.91 Å². The number of anilines is 1. The van der Waals surface area contributed by atoms with Crippen molar-refractivity contribution < 1.29 is 4.79 Å². The zero-order valence-corrected chi connectivity index (χ0v) is 11.3. The standard InChI is InChI=1S/C14H20ClNO/c1-3-11(2)12-7-4-5-8-13(12)16-14(17)9-6-10-15/h4-5,7-8,11H,3,6,9-10H2,1-2H3,(H,16,17)/t11-/m0/s1. The molecule has 0 aliphatic rings. The molecular weight excluding hydrogens is 234 g/mol. The summed E-state index contributed by atoms with van der Waals surface area (Å²) in [6.45, 7) is 4.32. The van der Waals surface area contributed by atoms with E-state index in [9.17, 15) is 4.79 Å². The highest BCUT2D eigenvalue weighted by molar-refractivity contribution is 6.18. The summed E-state index contributed by atoms with van der Waals surface area (Å²) in [6, 6.07) is 7.99. The summed E-state index contributed by atoms with van der Waals surface area (Å²) >= 11 is 5.57. The molecule has 1 aromatic carbocycles. The normalized spacial score (nSPS) is 12.2. The second kappa shape index (κ2) is 7.33. The second-order valence-electron chi connectivity index (χ2n) is 4.24. The van der Waals surface area contributed by atoms with Crippen LogP contribution in [0.25, 0.3) is 0 Å². The van der Waals surface area contributed by atoms with Gasteiger partial charge in [0.25, 0.3) is 0 Å². The van der Waals surface area contributed by atoms with E-state index >= 15 is 0 Å². The maximum Gasteiger partial charge on any atom is 0.224 e. The Bertz CT molecular complexity index is 365. The molecule has 2 nitrogen and oxygen atoms in total. The first-order valence-electron chi connectivity index (χ1n) is 6.13. The van der Waals surface area contributed by atoms with Crippen molar-refractivity contribution in [3.8, 4) is 0 Å². The molecule has 17 heavy (non-hydrogen) atoms. The van der Waals surface area contributed by atoms with Crippen molar-refractivity contribution in [1.82, 2.24) is 0 Å². The molecule has 0 heterocycles. The van der Waals surface area contributed by atoms with Gasteiger partial charge in [0.05, 0.1) is 0 Å². The lowest BCUT2D eigenvalue weighted by atomic mass is 9.97. The van der Waals surface area contributed by atoms with Gasteiger partial charge in [-0.25, -0.2) is 0 Å². The van der Waals surface area contributed by atoms with Crippen molar-refractivity contribution in [1.29, 1.82) is 0 Å². The summed E-state index contributed by atoms with van der Waals surface area (Å²) in [4.78, 5) is 11.7. The van der Waals surface area contributed by atoms with Gasteiger partial charge in [-0.05, 0) is 30.4 Å². The van der Waals surface area contributed by atoms with E-state index in [1.54, 1.807) is 0 Å². The molecule has 0 saturated carbocycles. The Hall–Kier alpha value is -1.02. The number of hydrogen-bond donors (Lipinski definition) is 1. The Balaban J connectivity index is 2.73. The molecule has 1 atom stereocenters. The van der Waals surface area contributed by atoms with E-state index in [1.165, 1.54) is 5.56 Å². The highest BCUT2D eigenvalue weighted by Crippen LogP contribution is 2.26. The average Bonchev–Trinajstić information content (AvgIpc) is 2.36. The Labute approximate surface area is 108 Å². The van der Waals surface area contributed by atoms with Crippen molar-refractivity contribution in [3.05, 3.63) is 29.8 Å². The summed E-state index contributed by atoms with van der Waals surface area (Å²) in [7, 11) is 0. The molecular formula is C14H20ClNO. The number of halogens is 1. The van der Waals surface area contributed by atoms with Crippen molar-refractivity contribution >= 4 is 23.2 Å². The summed E-state index contributed by atoms with van der Waals surface area (Å²) in [5.41, 5.74) is 2.13. The van der Waals surface area contributed by atoms with Gasteiger partial charge in [0.1, 0.15) is 0 Å². The number of carbonyl (C=O) groups is 1. The Morgan fingerprint density at radius 1 is 1.41 bits per heavy atom. The van der Waals surface area contributed by atoms with Crippen LogP contribution in [-0.4, -0.2) is 11.8 Å². The summed E-state index contributed by atoms with van der Waals surface area (Å²) < 4.78 is 0. The Morgan fingerprint density at radius 3 is 2.76 bits per heavy atom. The van der Waals surface area contributed by atoms with Gasteiger partial charge in [0.15, 0.2) is 0 Å². The third kappa shape index (κ3) is 4.39. The minimum absolute atomic E-state index is 0.0430. The molecule has 0 aliphatic heterocycles. The van der Waals surface area contributed by atoms with Crippen LogP contribution in [0.5, 0.6) is 0 Å². The SMILES string of the molecule is CC[C@H](C)c1ccccc1NC(=O)CCCCl. The molecule has 1 amide bonds. The lowest BCUT2D eigenvalue weighted by Crippen LogP contribution is -2.13. The van der Waals surface area contributed by atoms with Gasteiger partial charge in [-0.2, -0.15) is 0 Å². The number of benzene rings is 1. The summed E-state index contributed by atoms with van der Waals surface area (Å²) in [5, 5.41) is 2.96. The van der Waals surface area contributed by atoms with Gasteiger partial charge in [-0.1, -0.05) is 32.0 Å². The zero-order chi connectivity index (χ0) is 12.7. The third-order valence-corrected chi connectivity index (χ3v) is 3.18. The van der Waals surface area contributed by atoms with Crippen LogP contribution in [-0.2, 0) is 4.79 Å². The number of nitrogens with one attached hydrogen (secondary N) is 1. The van der Waals surface area contributed by atoms with Crippen molar-refractivity contribution in [3.63, 3.8) is 0 Å². The number of para-hydroxylation sites is 1. The van der Waals surface area contributed by atoms with Crippen molar-refractivity contribution in [2.75, 3.05) is 11.2 Å². The lowest BCUT2D eigenvalue weighted by Gasteiger charge is -2.15. The minimum atomic E-state index is 0.0430. The van der Waals surface area contributed by atoms with Gasteiger partial charge in [-0.15, -0.1) is 11.6 Å². The Morgan fingerprint density at radius 2 is 2.12 bits per heavy atom. The van der Waals surface area contributed by atoms with E-state index in [0.717, 1.165) is 18.5 Å². The Kier molecular flexibility index (Phi) is 6.06. The number of alkyl halides is 1. The van der Waals surface area contributed by atoms with Crippen LogP contribution in [0.2, 0.25) is 0 Å². The third-order valence-electron chi connectivity index (χ3n) is 2.92. The van der Waals surface area contributed by atoms with E-state index in [-0.39, 0.29) is 5.91 Å². The summed E-state index contributed by atoms with van der Waals surface area (Å²) in [5.74, 6) is 1.03. The van der Waals surface area contributed by atoms with Crippen LogP contribution in [0.1, 0.15) is 44.6 Å². The molecule has 94 valence electrons. The maximum absolute atomic E-state index is 11.7. The van der Waals surface area contributed by atoms with E-state index in [0.29, 0.717) is 18.2 Å². The van der Waals surface area contributed by atoms with Crippen LogP contribution >= 0.6 is 11.6 Å². The largest absolute Gasteiger partial charge is 0.326 e. The molecule has 0 aromatic heterocycles. The van der Waals surface area contributed by atoms with Crippen molar-refractivity contribution in [2.24, 2.45) is 0 Å². The maximum atomic E-state index is 11.7. The molecule has 0 bridgehead atoms. The molecule has 0 unspecified atom stereocenters. The lowest BCUT2D eigenvalue weighted by molar-refractivity contribution is -0.116. The fourth-order valence-corrected chi connectivity index (χ4v) is 1.83. The molecule has 1 rings (SSSR count). The zero-order valence-electron chi connectivity index (χ0n) is 10.5. The minimum Gasteiger partial charge on any atom is -0.326 e. The quantitative estimate of drug-likeness (QED) is 0.758. The number of carbonyl (C=O) groups excluding carboxylic acids is 1. The van der Waals surface area contributed by atoms with Gasteiger partial charge in [0, 0.05) is 18.0 Å². The molecule has 1 aromatic rings. The summed E-state index contributed by atoms with van der Waals surface area (Å²) in [6.07, 6.45) is 2.27. The highest BCUT2D eigenvalue weighted by Gasteiger charge is 2.10. The first-order chi connectivity index (χ1) is 8.19. The van der Waals surface area contributed by atoms with Crippen molar-refractivity contribution in [2.45, 2.75) is 39.0 Å². The van der Waals surface area contributed by atoms with Crippen LogP contribution in [0.15, 0.2) is 24.3 Å². The molecule has 3 heteroatoms. The molecule has 1 N–H and O–H groups in total. The fourth-order valence-electron chi connectivity index (χ4n) is 1.70. The predicted octanol–water partition coefficient (Wildman–Crippen LogP) is 4.16. The first-order valence-corrected chi connectivity index (χ1v) is 6.67. The highest BCUT2D eigenvalue weighted by atomic mass is 35.5. The van der Waals surface area contributed by atoms with Crippen LogP contribution in [0.4, 0.5) is 5.69 Å². The molecule has 0 fully saturated rings. The topological polar surface area (TPSA) is 29.1 Å². The molecule has 0 aliphatic carbocycles. The predicted molar refractivity (Wildman–Crippen MR) is 73.7 cm³/mol. The first kappa shape index (κ1) is 14.0. The second-order valence-corrected chi connectivity index (χ2v) is 4.62. The number of amides is 1. The van der Waals surface area contributed by atoms with Gasteiger partial charge >= 0.3 is 0 Å². The van der Waals surface area contributed by atoms with E-state index < -0.39 is 0 Å². The van der Waals surface area contributed by atoms with Gasteiger partial charge < -0.3 is 5.32 Å². The number of rotatable bonds is 6. The molecule has 0 spiro atoms. The monoisotopic (exact) mass is 253 g/mol. The fraction of sp³-hybridized carbons (Fsp3) is 0.500. The van der Waals surface area contributed by atoms with Crippen LogP contribution in [0, 0.1) is 0 Å². The number of hydrogen-bond acceptors (Lipinski definition) is 1. The molecule has 0 saturated heterocycles. The smallest absolute Gasteiger partial charge is 0.224 e. The van der Waals surface area contributed by atoms with E-state index in [2.05, 4.69) is 25.2 Å². The van der Waals surface area contributed by atoms with E-state index in [1.807, 2.05) is 18.2 Å². The van der Waals surface area contributed by atoms with E-state index in [4.69, 9.17) is 11.6 Å². The molecule has 0 radical (unpaired) electrons. The van der Waals surface area contributed by atoms with Crippen LogP contribution in [0.3, 0.4) is 0 Å². The van der Waals surface area contributed by atoms with Crippen LogP contribution < -0.4 is 5.32 Å².